The summed E-state index contributed by atoms with van der Waals surface area (Å²) in [5.41, 5.74) is 9.16. The Hall–Kier alpha value is -4.60. The Kier molecular flexibility index (Phi) is 6.63. The van der Waals surface area contributed by atoms with E-state index in [2.05, 4.69) is 21.9 Å². The van der Waals surface area contributed by atoms with Gasteiger partial charge in [-0.1, -0.05) is 43.0 Å². The molecule has 0 saturated carbocycles. The molecule has 1 aliphatic heterocycles. The Bertz CT molecular complexity index is 1480. The first-order valence-electron chi connectivity index (χ1n) is 12.0. The highest BCUT2D eigenvalue weighted by Crippen LogP contribution is 2.33. The van der Waals surface area contributed by atoms with Crippen LogP contribution in [0.25, 0.3) is 22.3 Å². The first kappa shape index (κ1) is 24.1. The zero-order valence-electron chi connectivity index (χ0n) is 20.1. The molecule has 1 unspecified atom stereocenters. The second-order valence-corrected chi connectivity index (χ2v) is 8.89. The third kappa shape index (κ3) is 4.77. The van der Waals surface area contributed by atoms with Crippen molar-refractivity contribution >= 4 is 28.7 Å². The number of hydrogen-bond donors (Lipinski definition) is 2. The van der Waals surface area contributed by atoms with E-state index in [4.69, 9.17) is 10.8 Å². The average molecular weight is 500 g/mol. The van der Waals surface area contributed by atoms with Crippen LogP contribution in [-0.2, 0) is 11.3 Å². The number of benzene rings is 2. The van der Waals surface area contributed by atoms with Crippen LogP contribution in [0.5, 0.6) is 0 Å². The molecule has 1 fully saturated rings. The smallest absolute Gasteiger partial charge is 0.254 e. The van der Waals surface area contributed by atoms with E-state index in [1.807, 2.05) is 28.9 Å². The predicted molar refractivity (Wildman–Crippen MR) is 138 cm³/mol. The minimum Gasteiger partial charge on any atom is -0.383 e. The molecule has 1 saturated heterocycles. The highest BCUT2D eigenvalue weighted by atomic mass is 19.1. The van der Waals surface area contributed by atoms with Gasteiger partial charge in [-0.3, -0.25) is 9.59 Å². The summed E-state index contributed by atoms with van der Waals surface area (Å²) in [5, 5.41) is 8.27. The van der Waals surface area contributed by atoms with Crippen LogP contribution in [0.3, 0.4) is 0 Å². The van der Waals surface area contributed by atoms with E-state index in [1.165, 1.54) is 24.5 Å². The molecule has 4 aromatic rings. The quantitative estimate of drug-likeness (QED) is 0.392. The molecule has 0 bridgehead atoms. The lowest BCUT2D eigenvalue weighted by atomic mass is 10.1. The van der Waals surface area contributed by atoms with Gasteiger partial charge in [-0.25, -0.2) is 19.0 Å². The normalized spacial score (nSPS) is 15.5. The van der Waals surface area contributed by atoms with Gasteiger partial charge in [0.25, 0.3) is 5.91 Å². The zero-order chi connectivity index (χ0) is 25.9. The number of aromatic nitrogens is 4. The van der Waals surface area contributed by atoms with Crippen molar-refractivity contribution in [3.8, 4) is 11.3 Å². The number of fused-ring (bicyclic) bond motifs is 1. The highest BCUT2D eigenvalue weighted by Gasteiger charge is 2.28. The van der Waals surface area contributed by atoms with Crippen molar-refractivity contribution in [2.24, 2.45) is 0 Å². The number of carbonyl (C=O) groups is 2. The van der Waals surface area contributed by atoms with Gasteiger partial charge in [-0.2, -0.15) is 5.10 Å². The van der Waals surface area contributed by atoms with E-state index in [9.17, 15) is 14.0 Å². The fourth-order valence-electron chi connectivity index (χ4n) is 4.64. The Morgan fingerprint density at radius 3 is 2.70 bits per heavy atom. The van der Waals surface area contributed by atoms with Crippen molar-refractivity contribution < 1.29 is 14.0 Å². The number of piperidine rings is 1. The number of nitrogens with zero attached hydrogens (tertiary/aromatic N) is 5. The van der Waals surface area contributed by atoms with Crippen molar-refractivity contribution in [1.29, 1.82) is 0 Å². The van der Waals surface area contributed by atoms with E-state index in [0.717, 1.165) is 24.0 Å². The molecule has 3 N–H and O–H groups in total. The molecule has 1 aliphatic rings. The molecule has 0 spiro atoms. The number of likely N-dealkylation sites (tertiary alicyclic amines) is 1. The summed E-state index contributed by atoms with van der Waals surface area (Å²) in [5.74, 6) is -0.823. The third-order valence-electron chi connectivity index (χ3n) is 6.55. The molecule has 1 atom stereocenters. The van der Waals surface area contributed by atoms with Crippen LogP contribution in [-0.4, -0.2) is 49.6 Å². The lowest BCUT2D eigenvalue weighted by molar-refractivity contribution is -0.127. The fraction of sp³-hybridized carbons (Fsp3) is 0.222. The number of carbonyl (C=O) groups excluding carboxylic acids is 2. The van der Waals surface area contributed by atoms with E-state index < -0.39 is 11.7 Å². The SMILES string of the molecule is C=CC(=O)N1CCCC(n2nc(-c3ccc(CNC(=O)c4ccccc4F)cc3)c3c(N)ncnc32)C1. The Balaban J connectivity index is 1.40. The van der Waals surface area contributed by atoms with Crippen LogP contribution in [0, 0.1) is 5.82 Å². The van der Waals surface area contributed by atoms with Gasteiger partial charge in [-0.05, 0) is 36.6 Å². The summed E-state index contributed by atoms with van der Waals surface area (Å²) in [4.78, 5) is 34.9. The van der Waals surface area contributed by atoms with E-state index in [-0.39, 0.29) is 24.1 Å². The molecule has 5 rings (SSSR count). The maximum absolute atomic E-state index is 13.9. The van der Waals surface area contributed by atoms with Gasteiger partial charge >= 0.3 is 0 Å². The summed E-state index contributed by atoms with van der Waals surface area (Å²) in [6.45, 7) is 5.02. The van der Waals surface area contributed by atoms with Crippen molar-refractivity contribution in [1.82, 2.24) is 30.0 Å². The number of amides is 2. The molecular formula is C27H26FN7O2. The third-order valence-corrected chi connectivity index (χ3v) is 6.55. The van der Waals surface area contributed by atoms with Gasteiger partial charge in [0.1, 0.15) is 23.7 Å². The van der Waals surface area contributed by atoms with Crippen LogP contribution >= 0.6 is 0 Å². The van der Waals surface area contributed by atoms with Gasteiger partial charge in [0, 0.05) is 25.2 Å². The molecule has 0 aliphatic carbocycles. The van der Waals surface area contributed by atoms with Gasteiger partial charge in [0.2, 0.25) is 5.91 Å². The number of hydrogen-bond acceptors (Lipinski definition) is 6. The van der Waals surface area contributed by atoms with Crippen LogP contribution in [0.1, 0.15) is 34.8 Å². The van der Waals surface area contributed by atoms with E-state index in [1.54, 1.807) is 17.0 Å². The Labute approximate surface area is 212 Å². The highest BCUT2D eigenvalue weighted by molar-refractivity contribution is 5.98. The van der Waals surface area contributed by atoms with Crippen molar-refractivity contribution in [3.63, 3.8) is 0 Å². The summed E-state index contributed by atoms with van der Waals surface area (Å²) in [7, 11) is 0. The van der Waals surface area contributed by atoms with Crippen LogP contribution < -0.4 is 11.1 Å². The topological polar surface area (TPSA) is 119 Å². The van der Waals surface area contributed by atoms with Gasteiger partial charge in [-0.15, -0.1) is 0 Å². The minimum absolute atomic E-state index is 0.00248. The molecule has 3 heterocycles. The van der Waals surface area contributed by atoms with Crippen LogP contribution in [0.2, 0.25) is 0 Å². The van der Waals surface area contributed by atoms with Gasteiger partial charge < -0.3 is 16.0 Å². The molecule has 2 aromatic heterocycles. The number of anilines is 1. The molecule has 2 aromatic carbocycles. The standard InChI is InChI=1S/C27H26FN7O2/c1-2-22(36)34-13-5-6-19(15-34)35-26-23(25(29)31-16-32-26)24(33-35)18-11-9-17(10-12-18)14-30-27(37)20-7-3-4-8-21(20)28/h2-4,7-12,16,19H,1,5-6,13-15H2,(H,30,37)(H2,29,31,32). The minimum atomic E-state index is -0.562. The number of nitrogens with two attached hydrogens (primary N) is 1. The lowest BCUT2D eigenvalue weighted by Crippen LogP contribution is -2.40. The summed E-state index contributed by atoms with van der Waals surface area (Å²) >= 11 is 0. The van der Waals surface area contributed by atoms with E-state index >= 15 is 0 Å². The average Bonchev–Trinajstić information content (AvgIpc) is 3.33. The Morgan fingerprint density at radius 2 is 1.95 bits per heavy atom. The van der Waals surface area contributed by atoms with Crippen molar-refractivity contribution in [3.05, 3.63) is 84.5 Å². The van der Waals surface area contributed by atoms with Crippen molar-refractivity contribution in [2.45, 2.75) is 25.4 Å². The maximum Gasteiger partial charge on any atom is 0.254 e. The second-order valence-electron chi connectivity index (χ2n) is 8.89. The molecule has 37 heavy (non-hydrogen) atoms. The second kappa shape index (κ2) is 10.2. The van der Waals surface area contributed by atoms with Crippen LogP contribution in [0.15, 0.2) is 67.5 Å². The summed E-state index contributed by atoms with van der Waals surface area (Å²) < 4.78 is 15.7. The number of halogens is 1. The number of nitrogen functional groups attached to an aromatic ring is 1. The maximum atomic E-state index is 13.9. The molecule has 9 nitrogen and oxygen atoms in total. The number of nitrogens with one attached hydrogen (secondary N) is 1. The monoisotopic (exact) mass is 499 g/mol. The largest absolute Gasteiger partial charge is 0.383 e. The van der Waals surface area contributed by atoms with Gasteiger partial charge in [0.15, 0.2) is 5.65 Å². The summed E-state index contributed by atoms with van der Waals surface area (Å²) in [6.07, 6.45) is 4.43. The fourth-order valence-corrected chi connectivity index (χ4v) is 4.64. The lowest BCUT2D eigenvalue weighted by Gasteiger charge is -2.32. The molecule has 10 heteroatoms. The molecule has 188 valence electrons. The van der Waals surface area contributed by atoms with E-state index in [0.29, 0.717) is 35.6 Å². The first-order valence-corrected chi connectivity index (χ1v) is 12.0. The molecule has 0 radical (unpaired) electrons. The summed E-state index contributed by atoms with van der Waals surface area (Å²) in [6, 6.07) is 13.3. The zero-order valence-corrected chi connectivity index (χ0v) is 20.1. The predicted octanol–water partition coefficient (Wildman–Crippen LogP) is 3.49. The molecule has 2 amide bonds. The number of rotatable bonds is 6. The molecular weight excluding hydrogens is 473 g/mol. The van der Waals surface area contributed by atoms with Crippen molar-refractivity contribution in [2.75, 3.05) is 18.8 Å². The van der Waals surface area contributed by atoms with Crippen LogP contribution in [0.4, 0.5) is 10.2 Å². The van der Waals surface area contributed by atoms with Gasteiger partial charge in [0.05, 0.1) is 17.0 Å². The Morgan fingerprint density at radius 1 is 1.16 bits per heavy atom. The first-order chi connectivity index (χ1) is 18.0.